The molecular weight excluding hydrogens is 226 g/mol. The third-order valence-corrected chi connectivity index (χ3v) is 3.70. The van der Waals surface area contributed by atoms with Crippen LogP contribution in [-0.4, -0.2) is 10.1 Å². The van der Waals surface area contributed by atoms with Gasteiger partial charge >= 0.3 is 0 Å². The quantitative estimate of drug-likeness (QED) is 0.900. The van der Waals surface area contributed by atoms with Crippen LogP contribution in [0.25, 0.3) is 11.5 Å². The van der Waals surface area contributed by atoms with Gasteiger partial charge in [-0.3, -0.25) is 0 Å². The van der Waals surface area contributed by atoms with Crippen LogP contribution in [0.3, 0.4) is 0 Å². The molecule has 1 saturated carbocycles. The molecule has 4 heteroatoms. The number of nitrogens with zero attached hydrogens (tertiary/aromatic N) is 2. The van der Waals surface area contributed by atoms with Crippen molar-refractivity contribution in [3.63, 3.8) is 0 Å². The minimum atomic E-state index is 0.324. The van der Waals surface area contributed by atoms with Gasteiger partial charge in [0.2, 0.25) is 0 Å². The van der Waals surface area contributed by atoms with Gasteiger partial charge in [-0.1, -0.05) is 31.1 Å². The van der Waals surface area contributed by atoms with Gasteiger partial charge in [0.15, 0.2) is 5.82 Å². The Hall–Kier alpha value is -1.68. The molecule has 18 heavy (non-hydrogen) atoms. The maximum Gasteiger partial charge on any atom is 0.257 e. The highest BCUT2D eigenvalue weighted by molar-refractivity contribution is 5.53. The molecule has 1 aromatic carbocycles. The van der Waals surface area contributed by atoms with Gasteiger partial charge in [0, 0.05) is 18.0 Å². The van der Waals surface area contributed by atoms with Crippen molar-refractivity contribution in [3.8, 4) is 11.5 Å². The van der Waals surface area contributed by atoms with Gasteiger partial charge in [-0.05, 0) is 29.5 Å². The third-order valence-electron chi connectivity index (χ3n) is 3.70. The van der Waals surface area contributed by atoms with E-state index in [1.807, 2.05) is 24.3 Å². The Balaban J connectivity index is 1.84. The number of hydrogen-bond acceptors (Lipinski definition) is 4. The second kappa shape index (κ2) is 3.92. The highest BCUT2D eigenvalue weighted by Crippen LogP contribution is 2.57. The summed E-state index contributed by atoms with van der Waals surface area (Å²) in [7, 11) is 0. The summed E-state index contributed by atoms with van der Waals surface area (Å²) in [5, 5.41) is 4.08. The van der Waals surface area contributed by atoms with E-state index in [-0.39, 0.29) is 0 Å². The van der Waals surface area contributed by atoms with Gasteiger partial charge in [-0.15, -0.1) is 0 Å². The average molecular weight is 243 g/mol. The monoisotopic (exact) mass is 243 g/mol. The Bertz CT molecular complexity index is 557. The summed E-state index contributed by atoms with van der Waals surface area (Å²) in [5.41, 5.74) is 7.94. The maximum absolute atomic E-state index is 5.57. The normalized spacial score (nSPS) is 20.9. The Labute approximate surface area is 106 Å². The molecule has 1 aromatic heterocycles. The van der Waals surface area contributed by atoms with Crippen molar-refractivity contribution in [3.05, 3.63) is 35.7 Å². The largest absolute Gasteiger partial charge is 0.334 e. The zero-order valence-electron chi connectivity index (χ0n) is 10.7. The van der Waals surface area contributed by atoms with Crippen molar-refractivity contribution >= 4 is 0 Å². The highest BCUT2D eigenvalue weighted by atomic mass is 16.5. The number of benzene rings is 1. The lowest BCUT2D eigenvalue weighted by atomic mass is 10.1. The molecule has 1 aliphatic carbocycles. The molecule has 0 radical (unpaired) electrons. The summed E-state index contributed by atoms with van der Waals surface area (Å²) in [4.78, 5) is 4.48. The van der Waals surface area contributed by atoms with Gasteiger partial charge < -0.3 is 10.3 Å². The van der Waals surface area contributed by atoms with Crippen LogP contribution >= 0.6 is 0 Å². The molecule has 2 N–H and O–H groups in total. The fraction of sp³-hybridized carbons (Fsp3) is 0.429. The lowest BCUT2D eigenvalue weighted by Crippen LogP contribution is -1.95. The van der Waals surface area contributed by atoms with Crippen molar-refractivity contribution in [2.75, 3.05) is 0 Å². The van der Waals surface area contributed by atoms with E-state index in [0.717, 1.165) is 23.4 Å². The summed E-state index contributed by atoms with van der Waals surface area (Å²) in [6.45, 7) is 5.00. The first kappa shape index (κ1) is 11.4. The number of nitrogens with two attached hydrogens (primary N) is 1. The predicted octanol–water partition coefficient (Wildman–Crippen LogP) is 2.71. The van der Waals surface area contributed by atoms with E-state index in [4.69, 9.17) is 10.3 Å². The molecule has 1 aliphatic rings. The maximum atomic E-state index is 5.57. The average Bonchev–Trinajstić information content (AvgIpc) is 2.80. The lowest BCUT2D eigenvalue weighted by molar-refractivity contribution is 0.419. The number of aromatic nitrogens is 2. The van der Waals surface area contributed by atoms with E-state index < -0.39 is 0 Å². The minimum Gasteiger partial charge on any atom is -0.334 e. The first-order valence-electron chi connectivity index (χ1n) is 6.23. The van der Waals surface area contributed by atoms with Crippen LogP contribution in [0.5, 0.6) is 0 Å². The van der Waals surface area contributed by atoms with E-state index in [2.05, 4.69) is 24.0 Å². The van der Waals surface area contributed by atoms with Crippen LogP contribution in [0.2, 0.25) is 0 Å². The van der Waals surface area contributed by atoms with Crippen molar-refractivity contribution in [2.24, 2.45) is 11.1 Å². The Morgan fingerprint density at radius 2 is 2.00 bits per heavy atom. The zero-order valence-corrected chi connectivity index (χ0v) is 10.7. The van der Waals surface area contributed by atoms with Crippen molar-refractivity contribution in [1.82, 2.24) is 10.1 Å². The van der Waals surface area contributed by atoms with E-state index >= 15 is 0 Å². The van der Waals surface area contributed by atoms with Gasteiger partial charge in [-0.2, -0.15) is 4.98 Å². The van der Waals surface area contributed by atoms with Crippen LogP contribution in [-0.2, 0) is 6.54 Å². The summed E-state index contributed by atoms with van der Waals surface area (Å²) >= 11 is 0. The fourth-order valence-electron chi connectivity index (χ4n) is 2.19. The predicted molar refractivity (Wildman–Crippen MR) is 68.8 cm³/mol. The molecule has 0 amide bonds. The summed E-state index contributed by atoms with van der Waals surface area (Å²) in [6, 6.07) is 7.91. The first-order chi connectivity index (χ1) is 8.60. The summed E-state index contributed by atoms with van der Waals surface area (Å²) < 4.78 is 5.33. The van der Waals surface area contributed by atoms with Crippen molar-refractivity contribution in [1.29, 1.82) is 0 Å². The van der Waals surface area contributed by atoms with Gasteiger partial charge in [0.25, 0.3) is 5.89 Å². The molecule has 1 unspecified atom stereocenters. The summed E-state index contributed by atoms with van der Waals surface area (Å²) in [6.07, 6.45) is 1.14. The SMILES string of the molecule is CC1(C)CC1c1noc(-c2ccc(CN)cc2)n1. The molecule has 1 heterocycles. The number of hydrogen-bond donors (Lipinski definition) is 1. The highest BCUT2D eigenvalue weighted by Gasteiger charge is 2.49. The van der Waals surface area contributed by atoms with E-state index in [0.29, 0.717) is 23.8 Å². The standard InChI is InChI=1S/C14H17N3O/c1-14(2)7-11(14)12-16-13(18-17-12)10-5-3-9(8-15)4-6-10/h3-6,11H,7-8,15H2,1-2H3. The molecular formula is C14H17N3O. The van der Waals surface area contributed by atoms with Crippen molar-refractivity contribution < 1.29 is 4.52 Å². The van der Waals surface area contributed by atoms with Gasteiger partial charge in [0.1, 0.15) is 0 Å². The van der Waals surface area contributed by atoms with Crippen LogP contribution < -0.4 is 5.73 Å². The van der Waals surface area contributed by atoms with Crippen LogP contribution in [0, 0.1) is 5.41 Å². The van der Waals surface area contributed by atoms with Crippen molar-refractivity contribution in [2.45, 2.75) is 32.7 Å². The van der Waals surface area contributed by atoms with Crippen LogP contribution in [0.1, 0.15) is 37.6 Å². The van der Waals surface area contributed by atoms with E-state index in [1.165, 1.54) is 0 Å². The second-order valence-corrected chi connectivity index (χ2v) is 5.60. The summed E-state index contributed by atoms with van der Waals surface area (Å²) in [5.74, 6) is 1.87. The molecule has 0 saturated heterocycles. The molecule has 1 atom stereocenters. The molecule has 1 fully saturated rings. The van der Waals surface area contributed by atoms with Gasteiger partial charge in [0.05, 0.1) is 0 Å². The molecule has 0 bridgehead atoms. The van der Waals surface area contributed by atoms with Gasteiger partial charge in [-0.25, -0.2) is 0 Å². The van der Waals surface area contributed by atoms with Crippen LogP contribution in [0.15, 0.2) is 28.8 Å². The smallest absolute Gasteiger partial charge is 0.257 e. The lowest BCUT2D eigenvalue weighted by Gasteiger charge is -1.97. The molecule has 4 nitrogen and oxygen atoms in total. The van der Waals surface area contributed by atoms with Crippen LogP contribution in [0.4, 0.5) is 0 Å². The van der Waals surface area contributed by atoms with E-state index in [1.54, 1.807) is 0 Å². The number of rotatable bonds is 3. The fourth-order valence-corrected chi connectivity index (χ4v) is 2.19. The first-order valence-corrected chi connectivity index (χ1v) is 6.23. The zero-order chi connectivity index (χ0) is 12.8. The second-order valence-electron chi connectivity index (χ2n) is 5.60. The Morgan fingerprint density at radius 1 is 1.33 bits per heavy atom. The molecule has 3 rings (SSSR count). The molecule has 0 aliphatic heterocycles. The Kier molecular flexibility index (Phi) is 2.48. The molecule has 2 aromatic rings. The molecule has 0 spiro atoms. The molecule has 94 valence electrons. The third kappa shape index (κ3) is 1.93. The van der Waals surface area contributed by atoms with E-state index in [9.17, 15) is 0 Å². The minimum absolute atomic E-state index is 0.324. The topological polar surface area (TPSA) is 64.9 Å². The Morgan fingerprint density at radius 3 is 2.56 bits per heavy atom.